The third-order valence-corrected chi connectivity index (χ3v) is 5.53. The average Bonchev–Trinajstić information content (AvgIpc) is 2.66. The summed E-state index contributed by atoms with van der Waals surface area (Å²) in [4.78, 5) is 12.3. The van der Waals surface area contributed by atoms with Gasteiger partial charge in [-0.1, -0.05) is 18.2 Å². The number of carbonyl (C=O) groups is 1. The van der Waals surface area contributed by atoms with Gasteiger partial charge in [-0.3, -0.25) is 9.10 Å². The number of methoxy groups -OCH3 is 1. The summed E-state index contributed by atoms with van der Waals surface area (Å²) in [6, 6.07) is 9.88. The Bertz CT molecular complexity index is 967. The maximum Gasteiger partial charge on any atom is 0.232 e. The maximum atomic E-state index is 13.5. The quantitative estimate of drug-likeness (QED) is 0.667. The lowest BCUT2D eigenvalue weighted by molar-refractivity contribution is -0.121. The fourth-order valence-corrected chi connectivity index (χ4v) is 3.88. The molecule has 0 radical (unpaired) electrons. The Kier molecular flexibility index (Phi) is 7.55. The molecule has 0 aliphatic rings. The number of hydrogen-bond acceptors (Lipinski definition) is 4. The normalized spacial score (nSPS) is 12.3. The van der Waals surface area contributed by atoms with Gasteiger partial charge in [-0.2, -0.15) is 0 Å². The van der Waals surface area contributed by atoms with Crippen molar-refractivity contribution in [2.24, 2.45) is 0 Å². The highest BCUT2D eigenvalue weighted by atomic mass is 32.2. The number of amides is 1. The predicted octanol–water partition coefficient (Wildman–Crippen LogP) is 3.40. The summed E-state index contributed by atoms with van der Waals surface area (Å²) in [5, 5.41) is 2.84. The Balaban J connectivity index is 1.98. The van der Waals surface area contributed by atoms with E-state index in [4.69, 9.17) is 4.74 Å². The number of benzene rings is 2. The zero-order chi connectivity index (χ0) is 21.6. The molecule has 0 aromatic heterocycles. The molecule has 2 aromatic rings. The maximum absolute atomic E-state index is 13.5. The van der Waals surface area contributed by atoms with Crippen LogP contribution in [0.25, 0.3) is 0 Å². The molecule has 1 amide bonds. The van der Waals surface area contributed by atoms with Gasteiger partial charge in [0.1, 0.15) is 5.75 Å². The number of ether oxygens (including phenoxy) is 1. The second-order valence-corrected chi connectivity index (χ2v) is 8.48. The lowest BCUT2D eigenvalue weighted by Gasteiger charge is -2.23. The molecule has 2 rings (SSSR count). The second kappa shape index (κ2) is 9.69. The van der Waals surface area contributed by atoms with Crippen molar-refractivity contribution in [1.82, 2.24) is 5.32 Å². The van der Waals surface area contributed by atoms with Crippen molar-refractivity contribution < 1.29 is 26.7 Å². The summed E-state index contributed by atoms with van der Waals surface area (Å²) in [7, 11) is -2.18. The SMILES string of the molecule is COc1ccccc1C(C)NC(=O)CCCN(c1ccc(F)c(F)c1)S(C)(=O)=O. The monoisotopic (exact) mass is 426 g/mol. The van der Waals surface area contributed by atoms with Gasteiger partial charge in [0.05, 0.1) is 25.1 Å². The number of para-hydroxylation sites is 1. The van der Waals surface area contributed by atoms with Gasteiger partial charge in [-0.15, -0.1) is 0 Å². The van der Waals surface area contributed by atoms with E-state index in [0.717, 1.165) is 28.3 Å². The Morgan fingerprint density at radius 1 is 1.17 bits per heavy atom. The fraction of sp³-hybridized carbons (Fsp3) is 0.350. The molecule has 2 aromatic carbocycles. The minimum absolute atomic E-state index is 0.00852. The van der Waals surface area contributed by atoms with Gasteiger partial charge in [0.15, 0.2) is 11.6 Å². The molecule has 1 unspecified atom stereocenters. The molecule has 9 heteroatoms. The van der Waals surface area contributed by atoms with Gasteiger partial charge >= 0.3 is 0 Å². The number of sulfonamides is 1. The number of nitrogens with zero attached hydrogens (tertiary/aromatic N) is 1. The van der Waals surface area contributed by atoms with Crippen LogP contribution in [0.3, 0.4) is 0 Å². The molecule has 158 valence electrons. The zero-order valence-electron chi connectivity index (χ0n) is 16.5. The fourth-order valence-electron chi connectivity index (χ4n) is 2.93. The molecule has 0 bridgehead atoms. The smallest absolute Gasteiger partial charge is 0.232 e. The molecule has 0 fully saturated rings. The van der Waals surface area contributed by atoms with Gasteiger partial charge < -0.3 is 10.1 Å². The Morgan fingerprint density at radius 3 is 2.48 bits per heavy atom. The average molecular weight is 426 g/mol. The van der Waals surface area contributed by atoms with Crippen molar-refractivity contribution in [2.75, 3.05) is 24.2 Å². The van der Waals surface area contributed by atoms with Crippen LogP contribution in [0, 0.1) is 11.6 Å². The number of hydrogen-bond donors (Lipinski definition) is 1. The zero-order valence-corrected chi connectivity index (χ0v) is 17.3. The van der Waals surface area contributed by atoms with Crippen LogP contribution in [0.4, 0.5) is 14.5 Å². The number of halogens is 2. The van der Waals surface area contributed by atoms with E-state index in [-0.39, 0.29) is 37.0 Å². The minimum atomic E-state index is -3.72. The summed E-state index contributed by atoms with van der Waals surface area (Å²) in [5.74, 6) is -1.81. The van der Waals surface area contributed by atoms with Gasteiger partial charge in [0.2, 0.25) is 15.9 Å². The van der Waals surface area contributed by atoms with Crippen LogP contribution in [0.15, 0.2) is 42.5 Å². The summed E-state index contributed by atoms with van der Waals surface area (Å²) in [6.45, 7) is 1.78. The molecule has 0 aliphatic carbocycles. The number of rotatable bonds is 9. The van der Waals surface area contributed by atoms with E-state index in [1.54, 1.807) is 13.2 Å². The Hall–Kier alpha value is -2.68. The largest absolute Gasteiger partial charge is 0.496 e. The van der Waals surface area contributed by atoms with E-state index in [1.165, 1.54) is 6.07 Å². The van der Waals surface area contributed by atoms with E-state index >= 15 is 0 Å². The van der Waals surface area contributed by atoms with Crippen molar-refractivity contribution in [3.8, 4) is 5.75 Å². The first-order valence-electron chi connectivity index (χ1n) is 8.98. The third kappa shape index (κ3) is 6.15. The first-order chi connectivity index (χ1) is 13.6. The summed E-state index contributed by atoms with van der Waals surface area (Å²) in [5.41, 5.74) is 0.831. The number of anilines is 1. The van der Waals surface area contributed by atoms with Crippen molar-refractivity contribution in [3.63, 3.8) is 0 Å². The molecular weight excluding hydrogens is 402 g/mol. The Morgan fingerprint density at radius 2 is 1.86 bits per heavy atom. The molecule has 6 nitrogen and oxygen atoms in total. The van der Waals surface area contributed by atoms with Gasteiger partial charge in [0.25, 0.3) is 0 Å². The lowest BCUT2D eigenvalue weighted by Crippen LogP contribution is -2.32. The molecular formula is C20H24F2N2O4S. The van der Waals surface area contributed by atoms with Crippen LogP contribution in [-0.4, -0.2) is 34.2 Å². The molecule has 1 N–H and O–H groups in total. The topological polar surface area (TPSA) is 75.7 Å². The molecule has 0 heterocycles. The summed E-state index contributed by atoms with van der Waals surface area (Å²) < 4.78 is 56.9. The van der Waals surface area contributed by atoms with E-state index < -0.39 is 21.7 Å². The summed E-state index contributed by atoms with van der Waals surface area (Å²) >= 11 is 0. The molecule has 1 atom stereocenters. The van der Waals surface area contributed by atoms with Crippen LogP contribution >= 0.6 is 0 Å². The van der Waals surface area contributed by atoms with E-state index in [9.17, 15) is 22.0 Å². The van der Waals surface area contributed by atoms with Crippen LogP contribution in [0.5, 0.6) is 5.75 Å². The highest BCUT2D eigenvalue weighted by Gasteiger charge is 2.20. The van der Waals surface area contributed by atoms with Crippen LogP contribution in [0.1, 0.15) is 31.4 Å². The third-order valence-electron chi connectivity index (χ3n) is 4.34. The van der Waals surface area contributed by atoms with E-state index in [1.807, 2.05) is 25.1 Å². The van der Waals surface area contributed by atoms with Gasteiger partial charge in [0, 0.05) is 24.6 Å². The molecule has 29 heavy (non-hydrogen) atoms. The van der Waals surface area contributed by atoms with Gasteiger partial charge in [-0.05, 0) is 31.5 Å². The van der Waals surface area contributed by atoms with Crippen molar-refractivity contribution >= 4 is 21.6 Å². The Labute approximate surface area is 169 Å². The van der Waals surface area contributed by atoms with Crippen molar-refractivity contribution in [1.29, 1.82) is 0 Å². The van der Waals surface area contributed by atoms with Crippen LogP contribution in [0.2, 0.25) is 0 Å². The molecule has 0 spiro atoms. The molecule has 0 saturated heterocycles. The van der Waals surface area contributed by atoms with Crippen LogP contribution in [-0.2, 0) is 14.8 Å². The first-order valence-corrected chi connectivity index (χ1v) is 10.8. The van der Waals surface area contributed by atoms with Crippen LogP contribution < -0.4 is 14.4 Å². The highest BCUT2D eigenvalue weighted by Crippen LogP contribution is 2.24. The van der Waals surface area contributed by atoms with Crippen molar-refractivity contribution in [2.45, 2.75) is 25.8 Å². The van der Waals surface area contributed by atoms with Gasteiger partial charge in [-0.25, -0.2) is 17.2 Å². The second-order valence-electron chi connectivity index (χ2n) is 6.57. The number of nitrogens with one attached hydrogen (secondary N) is 1. The predicted molar refractivity (Wildman–Crippen MR) is 107 cm³/mol. The minimum Gasteiger partial charge on any atom is -0.496 e. The standard InChI is InChI=1S/C20H24F2N2O4S/c1-14(16-7-4-5-8-19(16)28-2)23-20(25)9-6-12-24(29(3,26)27)15-10-11-17(21)18(22)13-15/h4-5,7-8,10-11,13-14H,6,9,12H2,1-3H3,(H,23,25). The lowest BCUT2D eigenvalue weighted by atomic mass is 10.1. The summed E-state index contributed by atoms with van der Waals surface area (Å²) in [6.07, 6.45) is 1.24. The molecule has 0 aliphatic heterocycles. The van der Waals surface area contributed by atoms with E-state index in [0.29, 0.717) is 5.75 Å². The first kappa shape index (κ1) is 22.6. The van der Waals surface area contributed by atoms with E-state index in [2.05, 4.69) is 5.32 Å². The highest BCUT2D eigenvalue weighted by molar-refractivity contribution is 7.92. The number of carbonyl (C=O) groups excluding carboxylic acids is 1. The molecule has 0 saturated carbocycles. The van der Waals surface area contributed by atoms with Crippen molar-refractivity contribution in [3.05, 3.63) is 59.7 Å².